The van der Waals surface area contributed by atoms with E-state index >= 15 is 0 Å². The molecule has 0 bridgehead atoms. The fourth-order valence-corrected chi connectivity index (χ4v) is 4.49. The van der Waals surface area contributed by atoms with Gasteiger partial charge >= 0.3 is 0 Å². The first-order valence-corrected chi connectivity index (χ1v) is 11.1. The molecule has 1 amide bonds. The summed E-state index contributed by atoms with van der Waals surface area (Å²) in [6, 6.07) is 16.4. The number of carbonyl (C=O) groups excluding carboxylic acids is 1. The van der Waals surface area contributed by atoms with Gasteiger partial charge in [0.2, 0.25) is 5.91 Å². The molecule has 4 aromatic rings. The molecule has 2 aromatic carbocycles. The fourth-order valence-electron chi connectivity index (χ4n) is 3.49. The molecule has 0 aliphatic rings. The van der Waals surface area contributed by atoms with Crippen LogP contribution in [0.5, 0.6) is 0 Å². The van der Waals surface area contributed by atoms with Crippen molar-refractivity contribution in [1.82, 2.24) is 14.5 Å². The van der Waals surface area contributed by atoms with Gasteiger partial charge in [0.1, 0.15) is 12.4 Å². The van der Waals surface area contributed by atoms with Crippen LogP contribution in [0.3, 0.4) is 0 Å². The summed E-state index contributed by atoms with van der Waals surface area (Å²) in [6.07, 6.45) is 3.39. The third-order valence-electron chi connectivity index (χ3n) is 5.05. The molecule has 0 N–H and O–H groups in total. The van der Waals surface area contributed by atoms with E-state index in [1.807, 2.05) is 54.8 Å². The zero-order valence-corrected chi connectivity index (χ0v) is 18.3. The Hall–Kier alpha value is -3.19. The van der Waals surface area contributed by atoms with Crippen LogP contribution >= 0.6 is 11.8 Å². The van der Waals surface area contributed by atoms with E-state index < -0.39 is 0 Å². The largest absolute Gasteiger partial charge is 0.311 e. The van der Waals surface area contributed by atoms with Gasteiger partial charge in [0, 0.05) is 24.2 Å². The summed E-state index contributed by atoms with van der Waals surface area (Å²) in [7, 11) is 0. The molecule has 2 heterocycles. The molecule has 7 heteroatoms. The van der Waals surface area contributed by atoms with Crippen LogP contribution in [0.15, 0.2) is 72.1 Å². The second-order valence-corrected chi connectivity index (χ2v) is 8.14. The Kier molecular flexibility index (Phi) is 6.32. The maximum atomic E-state index is 14.1. The molecule has 0 fully saturated rings. The number of carbonyl (C=O) groups is 1. The molecular weight excluding hydrogens is 411 g/mol. The lowest BCUT2D eigenvalue weighted by atomic mass is 10.2. The highest BCUT2D eigenvalue weighted by molar-refractivity contribution is 7.98. The van der Waals surface area contributed by atoms with E-state index in [0.29, 0.717) is 23.0 Å². The molecule has 158 valence electrons. The van der Waals surface area contributed by atoms with Crippen molar-refractivity contribution in [3.8, 4) is 0 Å². The lowest BCUT2D eigenvalue weighted by Crippen LogP contribution is -2.33. The van der Waals surface area contributed by atoms with Crippen molar-refractivity contribution >= 4 is 34.4 Å². The maximum absolute atomic E-state index is 14.1. The van der Waals surface area contributed by atoms with Crippen molar-refractivity contribution in [3.05, 3.63) is 83.9 Å². The Labute approximate surface area is 184 Å². The molecule has 31 heavy (non-hydrogen) atoms. The van der Waals surface area contributed by atoms with Crippen LogP contribution in [0.25, 0.3) is 11.0 Å². The summed E-state index contributed by atoms with van der Waals surface area (Å²) >= 11 is 1.41. The van der Waals surface area contributed by atoms with Crippen molar-refractivity contribution in [3.63, 3.8) is 0 Å². The Balaban J connectivity index is 1.63. The van der Waals surface area contributed by atoms with E-state index in [1.165, 1.54) is 17.8 Å². The lowest BCUT2D eigenvalue weighted by Gasteiger charge is -2.22. The van der Waals surface area contributed by atoms with Crippen LogP contribution < -0.4 is 4.90 Å². The molecule has 2 aromatic heterocycles. The van der Waals surface area contributed by atoms with Crippen molar-refractivity contribution in [2.75, 3.05) is 11.4 Å². The molecule has 5 nitrogen and oxygen atoms in total. The molecule has 0 radical (unpaired) electrons. The number of anilines is 1. The molecule has 0 aliphatic heterocycles. The second-order valence-electron chi connectivity index (χ2n) is 7.20. The molecule has 0 unspecified atom stereocenters. The SMILES string of the molecule is CCN(C(=O)Cn1c(SCc2ccccc2F)nc2ccncc21)c1cccc(C)c1. The normalized spacial score (nSPS) is 11.1. The Bertz CT molecular complexity index is 1220. The molecule has 0 atom stereocenters. The van der Waals surface area contributed by atoms with E-state index in [0.717, 1.165) is 22.3 Å². The van der Waals surface area contributed by atoms with Gasteiger partial charge < -0.3 is 9.47 Å². The fraction of sp³-hybridized carbons (Fsp3) is 0.208. The third-order valence-corrected chi connectivity index (χ3v) is 6.08. The van der Waals surface area contributed by atoms with E-state index in [2.05, 4.69) is 9.97 Å². The van der Waals surface area contributed by atoms with Crippen LogP contribution in [0.1, 0.15) is 18.1 Å². The van der Waals surface area contributed by atoms with Gasteiger partial charge in [-0.1, -0.05) is 42.1 Å². The average Bonchev–Trinajstić information content (AvgIpc) is 3.11. The number of aromatic nitrogens is 3. The van der Waals surface area contributed by atoms with Crippen molar-refractivity contribution < 1.29 is 9.18 Å². The number of halogens is 1. The van der Waals surface area contributed by atoms with Crippen molar-refractivity contribution in [2.24, 2.45) is 0 Å². The third kappa shape index (κ3) is 4.61. The van der Waals surface area contributed by atoms with Crippen LogP contribution in [0.4, 0.5) is 10.1 Å². The maximum Gasteiger partial charge on any atom is 0.247 e. The number of fused-ring (bicyclic) bond motifs is 1. The minimum Gasteiger partial charge on any atom is -0.311 e. The smallest absolute Gasteiger partial charge is 0.247 e. The number of hydrogen-bond acceptors (Lipinski definition) is 4. The molecule has 0 spiro atoms. The van der Waals surface area contributed by atoms with Gasteiger partial charge in [0.15, 0.2) is 5.16 Å². The number of amides is 1. The number of benzene rings is 2. The predicted octanol–water partition coefficient (Wildman–Crippen LogP) is 5.22. The number of hydrogen-bond donors (Lipinski definition) is 0. The number of nitrogens with zero attached hydrogens (tertiary/aromatic N) is 4. The predicted molar refractivity (Wildman–Crippen MR) is 123 cm³/mol. The summed E-state index contributed by atoms with van der Waals surface area (Å²) in [5.41, 5.74) is 4.12. The number of rotatable bonds is 7. The van der Waals surface area contributed by atoms with Crippen LogP contribution in [0, 0.1) is 12.7 Å². The number of likely N-dealkylation sites (N-methyl/N-ethyl adjacent to an activating group) is 1. The van der Waals surface area contributed by atoms with Gasteiger partial charge in [-0.05, 0) is 49.2 Å². The highest BCUT2D eigenvalue weighted by Crippen LogP contribution is 2.28. The van der Waals surface area contributed by atoms with E-state index in [-0.39, 0.29) is 18.3 Å². The standard InChI is InChI=1S/C24H23FN4OS/c1-3-28(19-9-6-7-17(2)13-19)23(30)15-29-22-14-26-12-11-21(22)27-24(29)31-16-18-8-4-5-10-20(18)25/h4-14H,3,15-16H2,1-2H3. The molecular formula is C24H23FN4OS. The molecule has 0 aliphatic carbocycles. The van der Waals surface area contributed by atoms with Crippen LogP contribution in [-0.4, -0.2) is 27.0 Å². The summed E-state index contributed by atoms with van der Waals surface area (Å²) in [6.45, 7) is 4.66. The zero-order valence-electron chi connectivity index (χ0n) is 17.5. The van der Waals surface area contributed by atoms with Gasteiger partial charge in [0.05, 0.1) is 17.2 Å². The number of thioether (sulfide) groups is 1. The van der Waals surface area contributed by atoms with E-state index in [1.54, 1.807) is 29.4 Å². The minimum absolute atomic E-state index is 0.0380. The number of aryl methyl sites for hydroxylation is 1. The van der Waals surface area contributed by atoms with Gasteiger partial charge in [0.25, 0.3) is 0 Å². The molecule has 0 saturated heterocycles. The number of imidazole rings is 1. The Morgan fingerprint density at radius 1 is 1.16 bits per heavy atom. The van der Waals surface area contributed by atoms with E-state index in [4.69, 9.17) is 0 Å². The minimum atomic E-state index is -0.244. The van der Waals surface area contributed by atoms with Crippen molar-refractivity contribution in [2.45, 2.75) is 31.3 Å². The first-order valence-electron chi connectivity index (χ1n) is 10.1. The summed E-state index contributed by atoms with van der Waals surface area (Å²) < 4.78 is 15.9. The first kappa shape index (κ1) is 21.1. The quantitative estimate of drug-likeness (QED) is 0.374. The highest BCUT2D eigenvalue weighted by Gasteiger charge is 2.19. The summed E-state index contributed by atoms with van der Waals surface area (Å²) in [5.74, 6) is 0.142. The van der Waals surface area contributed by atoms with Gasteiger partial charge in [-0.2, -0.15) is 0 Å². The molecule has 0 saturated carbocycles. The number of pyridine rings is 1. The van der Waals surface area contributed by atoms with Gasteiger partial charge in [-0.25, -0.2) is 9.37 Å². The topological polar surface area (TPSA) is 51.0 Å². The van der Waals surface area contributed by atoms with Crippen molar-refractivity contribution in [1.29, 1.82) is 0 Å². The summed E-state index contributed by atoms with van der Waals surface area (Å²) in [4.78, 5) is 23.9. The lowest BCUT2D eigenvalue weighted by molar-refractivity contribution is -0.119. The van der Waals surface area contributed by atoms with Gasteiger partial charge in [-0.3, -0.25) is 9.78 Å². The second kappa shape index (κ2) is 9.31. The summed E-state index contributed by atoms with van der Waals surface area (Å²) in [5, 5.41) is 0.667. The monoisotopic (exact) mass is 434 g/mol. The Morgan fingerprint density at radius 3 is 2.77 bits per heavy atom. The van der Waals surface area contributed by atoms with Crippen LogP contribution in [-0.2, 0) is 17.1 Å². The average molecular weight is 435 g/mol. The van der Waals surface area contributed by atoms with Gasteiger partial charge in [-0.15, -0.1) is 0 Å². The highest BCUT2D eigenvalue weighted by atomic mass is 32.2. The van der Waals surface area contributed by atoms with E-state index in [9.17, 15) is 9.18 Å². The zero-order chi connectivity index (χ0) is 21.8. The Morgan fingerprint density at radius 2 is 2.00 bits per heavy atom. The first-order chi connectivity index (χ1) is 15.1. The molecule has 4 rings (SSSR count). The van der Waals surface area contributed by atoms with Crippen LogP contribution in [0.2, 0.25) is 0 Å².